The number of nitrogen functional groups attached to an aromatic ring is 1. The molecule has 0 radical (unpaired) electrons. The van der Waals surface area contributed by atoms with Crippen LogP contribution in [0.2, 0.25) is 5.02 Å². The summed E-state index contributed by atoms with van der Waals surface area (Å²) in [6.45, 7) is 4.15. The molecule has 3 N–H and O–H groups in total. The number of carbonyl (C=O) groups is 1. The highest BCUT2D eigenvalue weighted by Crippen LogP contribution is 2.34. The molecule has 32 heavy (non-hydrogen) atoms. The number of hydrogen-bond acceptors (Lipinski definition) is 6. The number of amides is 1. The summed E-state index contributed by atoms with van der Waals surface area (Å²) in [4.78, 5) is 44.6. The summed E-state index contributed by atoms with van der Waals surface area (Å²) in [5.41, 5.74) is 3.48. The summed E-state index contributed by atoms with van der Waals surface area (Å²) < 4.78 is 39.5. The van der Waals surface area contributed by atoms with Crippen LogP contribution in [0, 0.1) is 0 Å². The number of halogens is 4. The zero-order valence-electron chi connectivity index (χ0n) is 17.5. The van der Waals surface area contributed by atoms with Crippen molar-refractivity contribution in [3.63, 3.8) is 0 Å². The fourth-order valence-corrected chi connectivity index (χ4v) is 3.93. The molecule has 0 aliphatic heterocycles. The number of aromatic amines is 1. The molecule has 0 atom stereocenters. The van der Waals surface area contributed by atoms with E-state index in [9.17, 15) is 27.6 Å². The molecule has 0 unspecified atom stereocenters. The molecule has 1 amide bonds. The monoisotopic (exact) mass is 493 g/mol. The molecule has 2 rings (SSSR count). The first-order chi connectivity index (χ1) is 15.0. The Morgan fingerprint density at radius 2 is 2.00 bits per heavy atom. The van der Waals surface area contributed by atoms with Gasteiger partial charge in [0.05, 0.1) is 16.3 Å². The standard InChI is InChI=1S/C19H23ClF3N5O3S/c1-3-5-7-27(14-15(24)28(6-4-2)18(31)26-16(14)30)13(29)10-32-17-12(20)8-11(9-25-17)19(21,22)23/h8-9H,3-7,10,24H2,1-2H3,(H,26,30,31). The maximum atomic E-state index is 13.0. The number of nitrogens with zero attached hydrogens (tertiary/aromatic N) is 3. The Morgan fingerprint density at radius 3 is 2.56 bits per heavy atom. The van der Waals surface area contributed by atoms with Crippen molar-refractivity contribution >= 4 is 40.8 Å². The number of anilines is 2. The molecule has 0 fully saturated rings. The van der Waals surface area contributed by atoms with E-state index in [0.717, 1.165) is 24.2 Å². The Balaban J connectivity index is 2.33. The molecule has 0 saturated heterocycles. The van der Waals surface area contributed by atoms with Gasteiger partial charge in [-0.1, -0.05) is 43.6 Å². The van der Waals surface area contributed by atoms with Crippen LogP contribution in [0.5, 0.6) is 0 Å². The lowest BCUT2D eigenvalue weighted by atomic mass is 10.2. The summed E-state index contributed by atoms with van der Waals surface area (Å²) in [7, 11) is 0. The predicted molar refractivity (Wildman–Crippen MR) is 118 cm³/mol. The Bertz CT molecular complexity index is 1090. The average Bonchev–Trinajstić information content (AvgIpc) is 2.71. The second-order valence-electron chi connectivity index (χ2n) is 6.84. The van der Waals surface area contributed by atoms with Gasteiger partial charge in [0.15, 0.2) is 5.69 Å². The maximum Gasteiger partial charge on any atom is 0.417 e. The Labute approximate surface area is 191 Å². The zero-order valence-corrected chi connectivity index (χ0v) is 19.0. The zero-order chi connectivity index (χ0) is 24.1. The number of carbonyl (C=O) groups excluding carboxylic acids is 1. The lowest BCUT2D eigenvalue weighted by Gasteiger charge is -2.24. The smallest absolute Gasteiger partial charge is 0.383 e. The van der Waals surface area contributed by atoms with Crippen LogP contribution in [-0.4, -0.2) is 32.7 Å². The number of unbranched alkanes of at least 4 members (excludes halogenated alkanes) is 1. The lowest BCUT2D eigenvalue weighted by molar-refractivity contribution is -0.137. The number of nitrogens with one attached hydrogen (secondary N) is 1. The first-order valence-electron chi connectivity index (χ1n) is 9.79. The minimum absolute atomic E-state index is 0.0429. The van der Waals surface area contributed by atoms with Gasteiger partial charge < -0.3 is 10.6 Å². The van der Waals surface area contributed by atoms with E-state index in [0.29, 0.717) is 19.0 Å². The van der Waals surface area contributed by atoms with Crippen molar-refractivity contribution in [1.82, 2.24) is 14.5 Å². The van der Waals surface area contributed by atoms with Gasteiger partial charge in [0.25, 0.3) is 5.56 Å². The molecule has 0 bridgehead atoms. The second-order valence-corrected chi connectivity index (χ2v) is 8.21. The summed E-state index contributed by atoms with van der Waals surface area (Å²) in [6, 6.07) is 0.736. The van der Waals surface area contributed by atoms with Gasteiger partial charge in [-0.05, 0) is 18.9 Å². The summed E-state index contributed by atoms with van der Waals surface area (Å²) >= 11 is 6.74. The summed E-state index contributed by atoms with van der Waals surface area (Å²) in [5, 5.41) is -0.201. The molecular weight excluding hydrogens is 471 g/mol. The SMILES string of the molecule is CCCCN(C(=O)CSc1ncc(C(F)(F)F)cc1Cl)c1c(N)n(CCC)c(=O)[nH]c1=O. The average molecular weight is 494 g/mol. The highest BCUT2D eigenvalue weighted by Gasteiger charge is 2.32. The van der Waals surface area contributed by atoms with Crippen LogP contribution in [0.1, 0.15) is 38.7 Å². The molecule has 2 aromatic rings. The van der Waals surface area contributed by atoms with E-state index < -0.39 is 28.9 Å². The Hall–Kier alpha value is -2.47. The van der Waals surface area contributed by atoms with Crippen LogP contribution in [0.15, 0.2) is 26.9 Å². The van der Waals surface area contributed by atoms with Crippen LogP contribution in [-0.2, 0) is 17.5 Å². The van der Waals surface area contributed by atoms with Crippen molar-refractivity contribution in [2.45, 2.75) is 50.9 Å². The van der Waals surface area contributed by atoms with Gasteiger partial charge in [0.2, 0.25) is 5.91 Å². The molecule has 0 aliphatic carbocycles. The summed E-state index contributed by atoms with van der Waals surface area (Å²) in [6.07, 6.45) is -2.10. The van der Waals surface area contributed by atoms with Gasteiger partial charge in [0, 0.05) is 19.3 Å². The number of H-pyrrole nitrogens is 1. The quantitative estimate of drug-likeness (QED) is 0.517. The van der Waals surface area contributed by atoms with Crippen molar-refractivity contribution in [3.8, 4) is 0 Å². The van der Waals surface area contributed by atoms with E-state index in [1.54, 1.807) is 0 Å². The number of nitrogens with two attached hydrogens (primary N) is 1. The van der Waals surface area contributed by atoms with Gasteiger partial charge in [-0.25, -0.2) is 9.78 Å². The highest BCUT2D eigenvalue weighted by atomic mass is 35.5. The van der Waals surface area contributed by atoms with Gasteiger partial charge >= 0.3 is 11.9 Å². The van der Waals surface area contributed by atoms with Gasteiger partial charge in [-0.15, -0.1) is 0 Å². The maximum absolute atomic E-state index is 13.0. The molecule has 0 aliphatic rings. The highest BCUT2D eigenvalue weighted by molar-refractivity contribution is 8.00. The predicted octanol–water partition coefficient (Wildman–Crippen LogP) is 3.52. The minimum Gasteiger partial charge on any atom is -0.383 e. The van der Waals surface area contributed by atoms with Gasteiger partial charge in [-0.3, -0.25) is 19.1 Å². The number of hydrogen-bond donors (Lipinski definition) is 2. The molecule has 0 spiro atoms. The van der Waals surface area contributed by atoms with Crippen molar-refractivity contribution < 1.29 is 18.0 Å². The number of pyridine rings is 1. The minimum atomic E-state index is -4.59. The number of aromatic nitrogens is 3. The molecule has 0 saturated carbocycles. The first kappa shape index (κ1) is 25.8. The second kappa shape index (κ2) is 10.9. The van der Waals surface area contributed by atoms with E-state index in [2.05, 4.69) is 9.97 Å². The topological polar surface area (TPSA) is 114 Å². The number of thioether (sulfide) groups is 1. The van der Waals surface area contributed by atoms with Gasteiger partial charge in [0.1, 0.15) is 10.8 Å². The molecule has 176 valence electrons. The van der Waals surface area contributed by atoms with Gasteiger partial charge in [-0.2, -0.15) is 13.2 Å². The van der Waals surface area contributed by atoms with Crippen molar-refractivity contribution in [2.75, 3.05) is 22.9 Å². The molecule has 2 heterocycles. The Morgan fingerprint density at radius 1 is 1.31 bits per heavy atom. The van der Waals surface area contributed by atoms with E-state index in [4.69, 9.17) is 17.3 Å². The van der Waals surface area contributed by atoms with Crippen LogP contribution < -0.4 is 21.9 Å². The van der Waals surface area contributed by atoms with Crippen LogP contribution in [0.25, 0.3) is 0 Å². The fraction of sp³-hybridized carbons (Fsp3) is 0.474. The summed E-state index contributed by atoms with van der Waals surface area (Å²) in [5.74, 6) is -0.908. The van der Waals surface area contributed by atoms with Crippen LogP contribution >= 0.6 is 23.4 Å². The molecule has 13 heteroatoms. The fourth-order valence-electron chi connectivity index (χ4n) is 2.86. The van der Waals surface area contributed by atoms with Crippen molar-refractivity contribution in [1.29, 1.82) is 0 Å². The molecule has 0 aromatic carbocycles. The first-order valence-corrected chi connectivity index (χ1v) is 11.2. The number of alkyl halides is 3. The molecule has 2 aromatic heterocycles. The van der Waals surface area contributed by atoms with Crippen molar-refractivity contribution in [3.05, 3.63) is 43.7 Å². The van der Waals surface area contributed by atoms with Crippen molar-refractivity contribution in [2.24, 2.45) is 0 Å². The number of rotatable bonds is 9. The van der Waals surface area contributed by atoms with Crippen LogP contribution in [0.4, 0.5) is 24.7 Å². The van der Waals surface area contributed by atoms with E-state index in [1.807, 2.05) is 13.8 Å². The van der Waals surface area contributed by atoms with E-state index in [-0.39, 0.29) is 40.4 Å². The largest absolute Gasteiger partial charge is 0.417 e. The van der Waals surface area contributed by atoms with E-state index >= 15 is 0 Å². The third-order valence-electron chi connectivity index (χ3n) is 4.43. The third kappa shape index (κ3) is 6.06. The van der Waals surface area contributed by atoms with Crippen LogP contribution in [0.3, 0.4) is 0 Å². The molecular formula is C19H23ClF3N5O3S. The normalized spacial score (nSPS) is 11.6. The van der Waals surface area contributed by atoms with E-state index in [1.165, 1.54) is 9.47 Å². The third-order valence-corrected chi connectivity index (χ3v) is 5.82. The molecule has 8 nitrogen and oxygen atoms in total. The lowest BCUT2D eigenvalue weighted by Crippen LogP contribution is -2.42. The Kier molecular flexibility index (Phi) is 8.79.